The molecule has 1 saturated heterocycles. The summed E-state index contributed by atoms with van der Waals surface area (Å²) in [6.07, 6.45) is 0.316. The molecule has 0 radical (unpaired) electrons. The van der Waals surface area contributed by atoms with Crippen molar-refractivity contribution in [2.45, 2.75) is 18.1 Å². The quantitative estimate of drug-likeness (QED) is 0.769. The number of rotatable bonds is 6. The van der Waals surface area contributed by atoms with E-state index in [1.807, 2.05) is 0 Å². The fourth-order valence-electron chi connectivity index (χ4n) is 1.96. The SMILES string of the molecule is O=C(CC1SC(=O)N(c2ccc(F)cc2)C1=O)NCCCO. The average molecular weight is 326 g/mol. The van der Waals surface area contributed by atoms with Gasteiger partial charge in [0.25, 0.3) is 5.24 Å². The highest BCUT2D eigenvalue weighted by atomic mass is 32.2. The van der Waals surface area contributed by atoms with Gasteiger partial charge in [-0.1, -0.05) is 0 Å². The molecule has 0 aromatic heterocycles. The van der Waals surface area contributed by atoms with E-state index in [0.29, 0.717) is 13.0 Å². The van der Waals surface area contributed by atoms with E-state index in [2.05, 4.69) is 5.32 Å². The van der Waals surface area contributed by atoms with E-state index in [4.69, 9.17) is 5.11 Å². The molecule has 1 atom stereocenters. The van der Waals surface area contributed by atoms with Gasteiger partial charge in [-0.3, -0.25) is 14.4 Å². The normalized spacial score (nSPS) is 17.9. The predicted molar refractivity (Wildman–Crippen MR) is 80.0 cm³/mol. The van der Waals surface area contributed by atoms with Crippen LogP contribution in [-0.2, 0) is 9.59 Å². The summed E-state index contributed by atoms with van der Waals surface area (Å²) in [7, 11) is 0. The number of aliphatic hydroxyl groups is 1. The summed E-state index contributed by atoms with van der Waals surface area (Å²) in [5.41, 5.74) is 0.284. The van der Waals surface area contributed by atoms with Gasteiger partial charge in [0.05, 0.1) is 5.69 Å². The van der Waals surface area contributed by atoms with Gasteiger partial charge >= 0.3 is 0 Å². The molecule has 118 valence electrons. The summed E-state index contributed by atoms with van der Waals surface area (Å²) in [6.45, 7) is 0.282. The summed E-state index contributed by atoms with van der Waals surface area (Å²) in [5, 5.41) is 9.93. The summed E-state index contributed by atoms with van der Waals surface area (Å²) >= 11 is 0.782. The number of carbonyl (C=O) groups is 3. The minimum absolute atomic E-state index is 0.0335. The van der Waals surface area contributed by atoms with Crippen LogP contribution in [0.1, 0.15) is 12.8 Å². The van der Waals surface area contributed by atoms with Gasteiger partial charge in [-0.05, 0) is 42.4 Å². The fourth-order valence-corrected chi connectivity index (χ4v) is 2.94. The van der Waals surface area contributed by atoms with E-state index in [1.54, 1.807) is 0 Å². The van der Waals surface area contributed by atoms with Crippen molar-refractivity contribution in [2.75, 3.05) is 18.1 Å². The number of amides is 3. The van der Waals surface area contributed by atoms with Gasteiger partial charge < -0.3 is 10.4 Å². The number of thioether (sulfide) groups is 1. The lowest BCUT2D eigenvalue weighted by atomic mass is 10.2. The Bertz CT molecular complexity index is 579. The maximum absolute atomic E-state index is 12.9. The minimum atomic E-state index is -0.785. The Morgan fingerprint density at radius 1 is 1.32 bits per heavy atom. The van der Waals surface area contributed by atoms with Gasteiger partial charge in [0, 0.05) is 19.6 Å². The number of carbonyl (C=O) groups excluding carboxylic acids is 3. The molecule has 1 aromatic carbocycles. The zero-order valence-electron chi connectivity index (χ0n) is 11.6. The molecule has 22 heavy (non-hydrogen) atoms. The Morgan fingerprint density at radius 2 is 2.00 bits per heavy atom. The van der Waals surface area contributed by atoms with Crippen molar-refractivity contribution in [3.8, 4) is 0 Å². The molecule has 2 rings (SSSR count). The van der Waals surface area contributed by atoms with Gasteiger partial charge in [0.1, 0.15) is 11.1 Å². The second-order valence-corrected chi connectivity index (χ2v) is 5.81. The number of benzene rings is 1. The van der Waals surface area contributed by atoms with Gasteiger partial charge in [-0.25, -0.2) is 9.29 Å². The Morgan fingerprint density at radius 3 is 2.64 bits per heavy atom. The highest BCUT2D eigenvalue weighted by molar-refractivity contribution is 8.15. The zero-order chi connectivity index (χ0) is 16.1. The molecule has 1 aromatic rings. The van der Waals surface area contributed by atoms with Gasteiger partial charge in [-0.2, -0.15) is 0 Å². The van der Waals surface area contributed by atoms with Crippen molar-refractivity contribution >= 4 is 34.5 Å². The van der Waals surface area contributed by atoms with E-state index < -0.39 is 22.2 Å². The number of anilines is 1. The second kappa shape index (κ2) is 7.37. The molecule has 0 spiro atoms. The number of hydrogen-bond acceptors (Lipinski definition) is 5. The van der Waals surface area contributed by atoms with Crippen LogP contribution in [0.15, 0.2) is 24.3 Å². The van der Waals surface area contributed by atoms with Crippen LogP contribution >= 0.6 is 11.8 Å². The van der Waals surface area contributed by atoms with Crippen molar-refractivity contribution in [3.05, 3.63) is 30.1 Å². The van der Waals surface area contributed by atoms with Crippen molar-refractivity contribution in [1.29, 1.82) is 0 Å². The highest BCUT2D eigenvalue weighted by Crippen LogP contribution is 2.33. The molecule has 6 nitrogen and oxygen atoms in total. The smallest absolute Gasteiger partial charge is 0.293 e. The summed E-state index contributed by atoms with van der Waals surface area (Å²) in [5.74, 6) is -1.30. The van der Waals surface area contributed by atoms with E-state index in [1.165, 1.54) is 12.1 Å². The van der Waals surface area contributed by atoms with Gasteiger partial charge in [-0.15, -0.1) is 0 Å². The second-order valence-electron chi connectivity index (χ2n) is 4.65. The van der Waals surface area contributed by atoms with E-state index in [0.717, 1.165) is 28.8 Å². The van der Waals surface area contributed by atoms with Crippen LogP contribution in [0.3, 0.4) is 0 Å². The molecule has 1 unspecified atom stereocenters. The average Bonchev–Trinajstić information content (AvgIpc) is 2.75. The first kappa shape index (κ1) is 16.4. The molecule has 1 aliphatic heterocycles. The Balaban J connectivity index is 1.99. The molecule has 8 heteroatoms. The number of aliphatic hydroxyl groups excluding tert-OH is 1. The standard InChI is InChI=1S/C14H15FN2O4S/c15-9-2-4-10(5-3-9)17-13(20)11(22-14(17)21)8-12(19)16-6-1-7-18/h2-5,11,18H,1,6-8H2,(H,16,19). The van der Waals surface area contributed by atoms with Crippen molar-refractivity contribution in [1.82, 2.24) is 5.32 Å². The van der Waals surface area contributed by atoms with E-state index in [9.17, 15) is 18.8 Å². The molecule has 3 amide bonds. The van der Waals surface area contributed by atoms with Crippen LogP contribution in [0, 0.1) is 5.82 Å². The maximum atomic E-state index is 12.9. The third-order valence-electron chi connectivity index (χ3n) is 3.03. The number of hydrogen-bond donors (Lipinski definition) is 2. The topological polar surface area (TPSA) is 86.7 Å². The Kier molecular flexibility index (Phi) is 5.51. The molecule has 1 fully saturated rings. The van der Waals surface area contributed by atoms with Crippen LogP contribution < -0.4 is 10.2 Å². The van der Waals surface area contributed by atoms with Gasteiger partial charge in [0.2, 0.25) is 11.8 Å². The molecule has 0 saturated carbocycles. The molecule has 0 bridgehead atoms. The first-order chi connectivity index (χ1) is 10.5. The Labute approximate surface area is 130 Å². The van der Waals surface area contributed by atoms with Crippen molar-refractivity contribution in [2.24, 2.45) is 0 Å². The monoisotopic (exact) mass is 326 g/mol. The largest absolute Gasteiger partial charge is 0.396 e. The summed E-state index contributed by atoms with van der Waals surface area (Å²) in [4.78, 5) is 36.8. The highest BCUT2D eigenvalue weighted by Gasteiger charge is 2.41. The van der Waals surface area contributed by atoms with E-state index >= 15 is 0 Å². The van der Waals surface area contributed by atoms with Crippen LogP contribution in [0.25, 0.3) is 0 Å². The van der Waals surface area contributed by atoms with Crippen molar-refractivity contribution < 1.29 is 23.9 Å². The first-order valence-corrected chi connectivity index (χ1v) is 7.58. The Hall–Kier alpha value is -1.93. The lowest BCUT2D eigenvalue weighted by Crippen LogP contribution is -2.34. The zero-order valence-corrected chi connectivity index (χ0v) is 12.4. The lowest BCUT2D eigenvalue weighted by molar-refractivity contribution is -0.124. The lowest BCUT2D eigenvalue weighted by Gasteiger charge is -2.13. The number of nitrogens with zero attached hydrogens (tertiary/aromatic N) is 1. The molecule has 1 heterocycles. The van der Waals surface area contributed by atoms with Crippen LogP contribution in [0.5, 0.6) is 0 Å². The fraction of sp³-hybridized carbons (Fsp3) is 0.357. The predicted octanol–water partition coefficient (Wildman–Crippen LogP) is 1.28. The molecule has 2 N–H and O–H groups in total. The molecular weight excluding hydrogens is 311 g/mol. The van der Waals surface area contributed by atoms with Crippen LogP contribution in [0.4, 0.5) is 14.9 Å². The minimum Gasteiger partial charge on any atom is -0.396 e. The van der Waals surface area contributed by atoms with Crippen LogP contribution in [0.2, 0.25) is 0 Å². The third-order valence-corrected chi connectivity index (χ3v) is 4.07. The van der Waals surface area contributed by atoms with E-state index in [-0.39, 0.29) is 24.6 Å². The third kappa shape index (κ3) is 3.83. The molecule has 0 aliphatic carbocycles. The van der Waals surface area contributed by atoms with Gasteiger partial charge in [0.15, 0.2) is 0 Å². The number of nitrogens with one attached hydrogen (secondary N) is 1. The van der Waals surface area contributed by atoms with Crippen molar-refractivity contribution in [3.63, 3.8) is 0 Å². The summed E-state index contributed by atoms with van der Waals surface area (Å²) in [6, 6.07) is 5.01. The maximum Gasteiger partial charge on any atom is 0.293 e. The number of imide groups is 1. The molecule has 1 aliphatic rings. The van der Waals surface area contributed by atoms with Crippen LogP contribution in [-0.4, -0.2) is 40.6 Å². The summed E-state index contributed by atoms with van der Waals surface area (Å²) < 4.78 is 12.9. The molecular formula is C14H15FN2O4S. The first-order valence-electron chi connectivity index (χ1n) is 6.70. The number of halogens is 1.